The zero-order chi connectivity index (χ0) is 12.6. The van der Waals surface area contributed by atoms with E-state index in [9.17, 15) is 0 Å². The van der Waals surface area contributed by atoms with Crippen LogP contribution in [-0.4, -0.2) is 9.55 Å². The average molecular weight is 231 g/mol. The van der Waals surface area contributed by atoms with Crippen LogP contribution >= 0.6 is 0 Å². The number of hydrogen-bond acceptors (Lipinski definition) is 2. The molecule has 3 heteroatoms. The number of aryl methyl sites for hydroxylation is 1. The summed E-state index contributed by atoms with van der Waals surface area (Å²) in [5, 5.41) is 0. The monoisotopic (exact) mass is 231 g/mol. The molecule has 0 bridgehead atoms. The largest absolute Gasteiger partial charge is 0.369 e. The molecule has 0 saturated heterocycles. The molecule has 1 aromatic carbocycles. The van der Waals surface area contributed by atoms with E-state index in [1.165, 1.54) is 5.56 Å². The lowest BCUT2D eigenvalue weighted by Gasteiger charge is -2.24. The topological polar surface area (TPSA) is 43.8 Å². The van der Waals surface area contributed by atoms with Crippen molar-refractivity contribution in [3.05, 3.63) is 23.8 Å². The van der Waals surface area contributed by atoms with Crippen molar-refractivity contribution in [3.8, 4) is 0 Å². The summed E-state index contributed by atoms with van der Waals surface area (Å²) in [5.74, 6) is 0.621. The van der Waals surface area contributed by atoms with E-state index in [0.717, 1.165) is 24.0 Å². The third-order valence-corrected chi connectivity index (χ3v) is 3.55. The van der Waals surface area contributed by atoms with Crippen molar-refractivity contribution in [2.24, 2.45) is 5.41 Å². The molecule has 0 saturated carbocycles. The molecule has 0 aliphatic heterocycles. The van der Waals surface area contributed by atoms with Gasteiger partial charge in [0.05, 0.1) is 11.0 Å². The minimum atomic E-state index is 0.242. The number of hydrogen-bond donors (Lipinski definition) is 1. The predicted molar refractivity (Wildman–Crippen MR) is 73.0 cm³/mol. The molecule has 0 fully saturated rings. The SMILES string of the molecule is CCC(C)(C)Cn1c(N)nc2c(C)cccc21. The molecule has 0 spiro atoms. The van der Waals surface area contributed by atoms with Gasteiger partial charge in [0, 0.05) is 6.54 Å². The highest BCUT2D eigenvalue weighted by Gasteiger charge is 2.19. The van der Waals surface area contributed by atoms with Gasteiger partial charge in [-0.1, -0.05) is 32.9 Å². The van der Waals surface area contributed by atoms with Crippen molar-refractivity contribution < 1.29 is 0 Å². The highest BCUT2D eigenvalue weighted by atomic mass is 15.2. The second kappa shape index (κ2) is 4.06. The standard InChI is InChI=1S/C14H21N3/c1-5-14(3,4)9-17-11-8-6-7-10(2)12(11)16-13(17)15/h6-8H,5,9H2,1-4H3,(H2,15,16). The summed E-state index contributed by atoms with van der Waals surface area (Å²) in [6.45, 7) is 9.71. The lowest BCUT2D eigenvalue weighted by Crippen LogP contribution is -2.19. The summed E-state index contributed by atoms with van der Waals surface area (Å²) >= 11 is 0. The zero-order valence-corrected chi connectivity index (χ0v) is 11.1. The minimum absolute atomic E-state index is 0.242. The number of imidazole rings is 1. The molecule has 0 radical (unpaired) electrons. The quantitative estimate of drug-likeness (QED) is 0.880. The molecule has 1 aromatic heterocycles. The highest BCUT2D eigenvalue weighted by Crippen LogP contribution is 2.28. The molecule has 0 unspecified atom stereocenters. The Morgan fingerprint density at radius 1 is 1.35 bits per heavy atom. The Kier molecular flexibility index (Phi) is 2.86. The number of nitrogen functional groups attached to an aromatic ring is 1. The van der Waals surface area contributed by atoms with Crippen molar-refractivity contribution >= 4 is 17.0 Å². The third-order valence-electron chi connectivity index (χ3n) is 3.55. The molecule has 1 heterocycles. The maximum atomic E-state index is 6.04. The Morgan fingerprint density at radius 2 is 2.06 bits per heavy atom. The molecule has 17 heavy (non-hydrogen) atoms. The van der Waals surface area contributed by atoms with Gasteiger partial charge in [-0.2, -0.15) is 0 Å². The number of para-hydroxylation sites is 1. The second-order valence-electron chi connectivity index (χ2n) is 5.52. The van der Waals surface area contributed by atoms with E-state index in [1.54, 1.807) is 0 Å². The summed E-state index contributed by atoms with van der Waals surface area (Å²) in [4.78, 5) is 4.47. The van der Waals surface area contributed by atoms with Crippen LogP contribution in [0.15, 0.2) is 18.2 Å². The van der Waals surface area contributed by atoms with Crippen LogP contribution in [0.3, 0.4) is 0 Å². The van der Waals surface area contributed by atoms with Crippen LogP contribution in [0.4, 0.5) is 5.95 Å². The van der Waals surface area contributed by atoms with Crippen molar-refractivity contribution in [1.82, 2.24) is 9.55 Å². The van der Waals surface area contributed by atoms with Crippen LogP contribution in [-0.2, 0) is 6.54 Å². The van der Waals surface area contributed by atoms with E-state index in [4.69, 9.17) is 5.73 Å². The van der Waals surface area contributed by atoms with Gasteiger partial charge in [-0.05, 0) is 30.4 Å². The Balaban J connectivity index is 2.54. The first kappa shape index (κ1) is 12.0. The van der Waals surface area contributed by atoms with E-state index in [2.05, 4.69) is 55.4 Å². The van der Waals surface area contributed by atoms with E-state index in [1.807, 2.05) is 0 Å². The maximum absolute atomic E-state index is 6.04. The van der Waals surface area contributed by atoms with Crippen molar-refractivity contribution in [1.29, 1.82) is 0 Å². The van der Waals surface area contributed by atoms with Gasteiger partial charge in [0.15, 0.2) is 0 Å². The van der Waals surface area contributed by atoms with Crippen LogP contribution < -0.4 is 5.73 Å². The van der Waals surface area contributed by atoms with Gasteiger partial charge in [-0.3, -0.25) is 0 Å². The van der Waals surface area contributed by atoms with Crippen molar-refractivity contribution in [2.75, 3.05) is 5.73 Å². The molecular formula is C14H21N3. The van der Waals surface area contributed by atoms with Gasteiger partial charge in [0.25, 0.3) is 0 Å². The smallest absolute Gasteiger partial charge is 0.201 e. The first-order valence-electron chi connectivity index (χ1n) is 6.16. The molecule has 0 amide bonds. The van der Waals surface area contributed by atoms with Crippen molar-refractivity contribution in [2.45, 2.75) is 40.7 Å². The summed E-state index contributed by atoms with van der Waals surface area (Å²) in [5.41, 5.74) is 9.63. The number of aromatic nitrogens is 2. The molecule has 92 valence electrons. The number of fused-ring (bicyclic) bond motifs is 1. The highest BCUT2D eigenvalue weighted by molar-refractivity contribution is 5.81. The molecule has 0 aliphatic carbocycles. The first-order chi connectivity index (χ1) is 7.94. The Hall–Kier alpha value is -1.51. The Morgan fingerprint density at radius 3 is 2.71 bits per heavy atom. The fraction of sp³-hybridized carbons (Fsp3) is 0.500. The van der Waals surface area contributed by atoms with Crippen LogP contribution in [0, 0.1) is 12.3 Å². The van der Waals surface area contributed by atoms with Gasteiger partial charge in [-0.25, -0.2) is 4.98 Å². The third kappa shape index (κ3) is 2.14. The number of benzene rings is 1. The van der Waals surface area contributed by atoms with Crippen molar-refractivity contribution in [3.63, 3.8) is 0 Å². The van der Waals surface area contributed by atoms with Crippen LogP contribution in [0.1, 0.15) is 32.8 Å². The van der Waals surface area contributed by atoms with E-state index < -0.39 is 0 Å². The molecule has 2 N–H and O–H groups in total. The van der Waals surface area contributed by atoms with Gasteiger partial charge in [0.1, 0.15) is 0 Å². The maximum Gasteiger partial charge on any atom is 0.201 e. The van der Waals surface area contributed by atoms with Gasteiger partial charge >= 0.3 is 0 Å². The lowest BCUT2D eigenvalue weighted by atomic mass is 9.90. The van der Waals surface area contributed by atoms with E-state index in [0.29, 0.717) is 5.95 Å². The zero-order valence-electron chi connectivity index (χ0n) is 11.1. The van der Waals surface area contributed by atoms with E-state index >= 15 is 0 Å². The van der Waals surface area contributed by atoms with E-state index in [-0.39, 0.29) is 5.41 Å². The first-order valence-corrected chi connectivity index (χ1v) is 6.16. The van der Waals surface area contributed by atoms with Crippen LogP contribution in [0.2, 0.25) is 0 Å². The second-order valence-corrected chi connectivity index (χ2v) is 5.52. The summed E-state index contributed by atoms with van der Waals surface area (Å²) < 4.78 is 2.13. The normalized spacial score (nSPS) is 12.2. The minimum Gasteiger partial charge on any atom is -0.369 e. The van der Waals surface area contributed by atoms with Crippen LogP contribution in [0.25, 0.3) is 11.0 Å². The molecule has 3 nitrogen and oxygen atoms in total. The molecule has 0 aliphatic rings. The van der Waals surface area contributed by atoms with Gasteiger partial charge in [-0.15, -0.1) is 0 Å². The number of rotatable bonds is 3. The molecule has 2 rings (SSSR count). The Bertz CT molecular complexity index is 538. The molecule has 0 atom stereocenters. The fourth-order valence-corrected chi connectivity index (χ4v) is 2.01. The molecular weight excluding hydrogens is 210 g/mol. The number of nitrogens with zero attached hydrogens (tertiary/aromatic N) is 2. The molecule has 2 aromatic rings. The summed E-state index contributed by atoms with van der Waals surface area (Å²) in [6, 6.07) is 6.23. The number of nitrogens with two attached hydrogens (primary N) is 1. The fourth-order valence-electron chi connectivity index (χ4n) is 2.01. The predicted octanol–water partition coefficient (Wildman–Crippen LogP) is 3.36. The Labute approximate surface area is 103 Å². The average Bonchev–Trinajstić information content (AvgIpc) is 2.58. The van der Waals surface area contributed by atoms with Gasteiger partial charge < -0.3 is 10.3 Å². The lowest BCUT2D eigenvalue weighted by molar-refractivity contribution is 0.300. The summed E-state index contributed by atoms with van der Waals surface area (Å²) in [6.07, 6.45) is 1.12. The summed E-state index contributed by atoms with van der Waals surface area (Å²) in [7, 11) is 0. The van der Waals surface area contributed by atoms with Crippen LogP contribution in [0.5, 0.6) is 0 Å². The van der Waals surface area contributed by atoms with Gasteiger partial charge in [0.2, 0.25) is 5.95 Å². The number of anilines is 1.